The van der Waals surface area contributed by atoms with Crippen molar-refractivity contribution in [2.24, 2.45) is 0 Å². The highest BCUT2D eigenvalue weighted by molar-refractivity contribution is 7.13. The van der Waals surface area contributed by atoms with Gasteiger partial charge < -0.3 is 9.47 Å². The predicted octanol–water partition coefficient (Wildman–Crippen LogP) is 3.41. The molecule has 7 heteroatoms. The summed E-state index contributed by atoms with van der Waals surface area (Å²) in [5.74, 6) is 1.04. The highest BCUT2D eigenvalue weighted by atomic mass is 32.1. The van der Waals surface area contributed by atoms with Gasteiger partial charge in [-0.2, -0.15) is 0 Å². The number of carbonyl (C=O) groups is 1. The second-order valence-corrected chi connectivity index (χ2v) is 7.87. The summed E-state index contributed by atoms with van der Waals surface area (Å²) in [7, 11) is 0. The second kappa shape index (κ2) is 6.64. The van der Waals surface area contributed by atoms with Crippen LogP contribution in [-0.4, -0.2) is 43.4 Å². The maximum absolute atomic E-state index is 12.9. The van der Waals surface area contributed by atoms with Gasteiger partial charge in [0, 0.05) is 42.9 Å². The highest BCUT2D eigenvalue weighted by Crippen LogP contribution is 2.31. The van der Waals surface area contributed by atoms with Crippen LogP contribution in [0.1, 0.15) is 38.5 Å². The van der Waals surface area contributed by atoms with E-state index in [4.69, 9.17) is 0 Å². The van der Waals surface area contributed by atoms with Gasteiger partial charge in [0.25, 0.3) is 5.91 Å². The quantitative estimate of drug-likeness (QED) is 0.712. The lowest BCUT2D eigenvalue weighted by Gasteiger charge is -2.19. The topological polar surface area (TPSA) is 63.9 Å². The van der Waals surface area contributed by atoms with E-state index in [0.29, 0.717) is 6.54 Å². The fourth-order valence-electron chi connectivity index (χ4n) is 3.63. The summed E-state index contributed by atoms with van der Waals surface area (Å²) in [5.41, 5.74) is 2.99. The zero-order valence-electron chi connectivity index (χ0n) is 15.1. The van der Waals surface area contributed by atoms with Gasteiger partial charge in [-0.25, -0.2) is 9.97 Å². The number of hydrogen-bond acceptors (Lipinski definition) is 5. The number of thiazole rings is 1. The summed E-state index contributed by atoms with van der Waals surface area (Å²) in [4.78, 5) is 28.7. The molecule has 0 N–H and O–H groups in total. The lowest BCUT2D eigenvalue weighted by Crippen LogP contribution is -2.29. The molecule has 1 aliphatic rings. The first-order valence-corrected chi connectivity index (χ1v) is 9.53. The van der Waals surface area contributed by atoms with Crippen LogP contribution in [0.25, 0.3) is 11.4 Å². The Morgan fingerprint density at radius 1 is 1.23 bits per heavy atom. The number of amides is 1. The van der Waals surface area contributed by atoms with Crippen LogP contribution in [0, 0.1) is 20.8 Å². The fraction of sp³-hybridized carbons (Fsp3) is 0.368. The van der Waals surface area contributed by atoms with E-state index < -0.39 is 0 Å². The summed E-state index contributed by atoms with van der Waals surface area (Å²) in [5, 5.41) is 0.937. The van der Waals surface area contributed by atoms with Crippen molar-refractivity contribution in [2.75, 3.05) is 13.1 Å². The lowest BCUT2D eigenvalue weighted by molar-refractivity contribution is 0.0791. The summed E-state index contributed by atoms with van der Waals surface area (Å²) < 4.78 is 2.26. The van der Waals surface area contributed by atoms with Gasteiger partial charge in [0.1, 0.15) is 10.7 Å². The number of rotatable bonds is 3. The smallest absolute Gasteiger partial charge is 0.265 e. The zero-order chi connectivity index (χ0) is 18.3. The molecule has 1 atom stereocenters. The minimum absolute atomic E-state index is 0.0961. The predicted molar refractivity (Wildman–Crippen MR) is 101 cm³/mol. The molecule has 26 heavy (non-hydrogen) atoms. The van der Waals surface area contributed by atoms with Crippen LogP contribution in [0.2, 0.25) is 0 Å². The molecule has 3 aromatic heterocycles. The number of aryl methyl sites for hydroxylation is 3. The maximum Gasteiger partial charge on any atom is 0.265 e. The van der Waals surface area contributed by atoms with Crippen molar-refractivity contribution in [1.82, 2.24) is 24.4 Å². The molecule has 1 unspecified atom stereocenters. The van der Waals surface area contributed by atoms with E-state index in [0.717, 1.165) is 45.6 Å². The lowest BCUT2D eigenvalue weighted by atomic mass is 10.2. The molecule has 6 nitrogen and oxygen atoms in total. The van der Waals surface area contributed by atoms with Crippen LogP contribution in [-0.2, 0) is 0 Å². The molecule has 0 radical (unpaired) electrons. The van der Waals surface area contributed by atoms with Crippen LogP contribution < -0.4 is 0 Å². The van der Waals surface area contributed by atoms with Crippen LogP contribution in [0.4, 0.5) is 0 Å². The Bertz CT molecular complexity index is 946. The molecule has 0 aromatic carbocycles. The molecule has 0 aliphatic carbocycles. The third-order valence-electron chi connectivity index (χ3n) is 4.83. The molecule has 4 heterocycles. The highest BCUT2D eigenvalue weighted by Gasteiger charge is 2.31. The molecule has 0 spiro atoms. The van der Waals surface area contributed by atoms with Crippen molar-refractivity contribution in [2.45, 2.75) is 33.2 Å². The molecule has 1 aliphatic heterocycles. The number of pyridine rings is 1. The molecule has 0 bridgehead atoms. The van der Waals surface area contributed by atoms with Crippen LogP contribution in [0.5, 0.6) is 0 Å². The first kappa shape index (κ1) is 16.9. The zero-order valence-corrected chi connectivity index (χ0v) is 16.0. The molecule has 0 saturated carbocycles. The molecule has 1 saturated heterocycles. The van der Waals surface area contributed by atoms with Gasteiger partial charge in [0.05, 0.1) is 16.7 Å². The molecule has 134 valence electrons. The number of hydrogen-bond donors (Lipinski definition) is 0. The first-order chi connectivity index (χ1) is 12.5. The van der Waals surface area contributed by atoms with E-state index >= 15 is 0 Å². The van der Waals surface area contributed by atoms with Gasteiger partial charge in [-0.05, 0) is 39.3 Å². The minimum atomic E-state index is 0.0961. The number of aromatic nitrogens is 4. The van der Waals surface area contributed by atoms with Gasteiger partial charge in [0.15, 0.2) is 0 Å². The average Bonchev–Trinajstić information content (AvgIpc) is 3.33. The van der Waals surface area contributed by atoms with Gasteiger partial charge in [-0.3, -0.25) is 9.78 Å². The fourth-order valence-corrected chi connectivity index (χ4v) is 4.52. The standard InChI is InChI=1S/C19H21N5OS/c1-12-10-21-18(15-4-7-20-8-5-15)24(12)16-6-9-23(11-16)19(25)17-13(2)22-14(3)26-17/h4-5,7-8,10,16H,6,9,11H2,1-3H3. The summed E-state index contributed by atoms with van der Waals surface area (Å²) >= 11 is 1.48. The van der Waals surface area contributed by atoms with Crippen molar-refractivity contribution in [3.8, 4) is 11.4 Å². The Balaban J connectivity index is 1.59. The van der Waals surface area contributed by atoms with Crippen LogP contribution in [0.3, 0.4) is 0 Å². The van der Waals surface area contributed by atoms with Crippen molar-refractivity contribution in [3.05, 3.63) is 52.0 Å². The number of imidazole rings is 1. The summed E-state index contributed by atoms with van der Waals surface area (Å²) in [6, 6.07) is 4.18. The van der Waals surface area contributed by atoms with Crippen molar-refractivity contribution < 1.29 is 4.79 Å². The van der Waals surface area contributed by atoms with E-state index in [1.54, 1.807) is 12.4 Å². The van der Waals surface area contributed by atoms with Crippen molar-refractivity contribution >= 4 is 17.2 Å². The van der Waals surface area contributed by atoms with E-state index in [2.05, 4.69) is 26.4 Å². The van der Waals surface area contributed by atoms with Crippen LogP contribution in [0.15, 0.2) is 30.7 Å². The Hall–Kier alpha value is -2.54. The van der Waals surface area contributed by atoms with E-state index in [9.17, 15) is 4.79 Å². The molecule has 4 rings (SSSR count). The third kappa shape index (κ3) is 2.92. The van der Waals surface area contributed by atoms with Gasteiger partial charge in [-0.15, -0.1) is 11.3 Å². The second-order valence-electron chi connectivity index (χ2n) is 6.67. The number of likely N-dealkylation sites (tertiary alicyclic amines) is 1. The van der Waals surface area contributed by atoms with Crippen molar-refractivity contribution in [3.63, 3.8) is 0 Å². The maximum atomic E-state index is 12.9. The van der Waals surface area contributed by atoms with E-state index in [1.165, 1.54) is 11.3 Å². The average molecular weight is 367 g/mol. The van der Waals surface area contributed by atoms with Gasteiger partial charge in [0.2, 0.25) is 0 Å². The number of carbonyl (C=O) groups excluding carboxylic acids is 1. The monoisotopic (exact) mass is 367 g/mol. The molecular weight excluding hydrogens is 346 g/mol. The Kier molecular flexibility index (Phi) is 4.32. The summed E-state index contributed by atoms with van der Waals surface area (Å²) in [6.07, 6.45) is 6.39. The van der Waals surface area contributed by atoms with Crippen molar-refractivity contribution in [1.29, 1.82) is 0 Å². The van der Waals surface area contributed by atoms with Crippen LogP contribution >= 0.6 is 11.3 Å². The summed E-state index contributed by atoms with van der Waals surface area (Å²) in [6.45, 7) is 7.37. The van der Waals surface area contributed by atoms with E-state index in [-0.39, 0.29) is 11.9 Å². The normalized spacial score (nSPS) is 17.0. The SMILES string of the molecule is Cc1nc(C)c(C(=O)N2CCC(n3c(C)cnc3-c3ccncc3)C2)s1. The third-order valence-corrected chi connectivity index (χ3v) is 5.89. The Morgan fingerprint density at radius 2 is 2.00 bits per heavy atom. The molecular formula is C19H21N5OS. The molecule has 1 amide bonds. The largest absolute Gasteiger partial charge is 0.336 e. The van der Waals surface area contributed by atoms with E-state index in [1.807, 2.05) is 37.1 Å². The van der Waals surface area contributed by atoms with Gasteiger partial charge in [-0.1, -0.05) is 0 Å². The number of nitrogens with zero attached hydrogens (tertiary/aromatic N) is 5. The minimum Gasteiger partial charge on any atom is -0.336 e. The molecule has 3 aromatic rings. The Morgan fingerprint density at radius 3 is 2.69 bits per heavy atom. The van der Waals surface area contributed by atoms with Gasteiger partial charge >= 0.3 is 0 Å². The molecule has 1 fully saturated rings. The Labute approximate surface area is 156 Å². The first-order valence-electron chi connectivity index (χ1n) is 8.72.